The zero-order valence-electron chi connectivity index (χ0n) is 12.3. The predicted octanol–water partition coefficient (Wildman–Crippen LogP) is 1.86. The van der Waals surface area contributed by atoms with Crippen LogP contribution in [0.15, 0.2) is 23.2 Å². The number of nitrogens with zero attached hydrogens (tertiary/aromatic N) is 1. The first-order valence-electron chi connectivity index (χ1n) is 7.05. The molecule has 110 valence electrons. The number of nitrogens with one attached hydrogen (secondary N) is 2. The van der Waals surface area contributed by atoms with Gasteiger partial charge in [0.05, 0.1) is 13.7 Å². The van der Waals surface area contributed by atoms with E-state index in [-0.39, 0.29) is 5.75 Å². The first-order chi connectivity index (χ1) is 9.65. The van der Waals surface area contributed by atoms with Crippen LogP contribution in [-0.2, 0) is 6.54 Å². The maximum absolute atomic E-state index is 10.0. The van der Waals surface area contributed by atoms with Gasteiger partial charge in [-0.2, -0.15) is 0 Å². The number of phenolic OH excluding ortho intramolecular Hbond substituents is 1. The van der Waals surface area contributed by atoms with Gasteiger partial charge in [-0.3, -0.25) is 0 Å². The van der Waals surface area contributed by atoms with Crippen LogP contribution in [0.25, 0.3) is 0 Å². The molecule has 1 aromatic rings. The van der Waals surface area contributed by atoms with Gasteiger partial charge in [0.25, 0.3) is 0 Å². The Kier molecular flexibility index (Phi) is 4.71. The van der Waals surface area contributed by atoms with Crippen LogP contribution in [0.5, 0.6) is 11.5 Å². The van der Waals surface area contributed by atoms with Gasteiger partial charge in [-0.05, 0) is 25.3 Å². The highest BCUT2D eigenvalue weighted by Gasteiger charge is 2.33. The highest BCUT2D eigenvalue weighted by atomic mass is 16.5. The maximum Gasteiger partial charge on any atom is 0.191 e. The van der Waals surface area contributed by atoms with Crippen LogP contribution in [0.1, 0.15) is 25.8 Å². The molecule has 2 unspecified atom stereocenters. The van der Waals surface area contributed by atoms with E-state index in [4.69, 9.17) is 4.74 Å². The molecular formula is C15H23N3O2. The number of methoxy groups -OCH3 is 1. The molecule has 0 bridgehead atoms. The minimum absolute atomic E-state index is 0.161. The highest BCUT2D eigenvalue weighted by molar-refractivity contribution is 5.80. The average Bonchev–Trinajstić information content (AvgIpc) is 3.13. The van der Waals surface area contributed by atoms with Gasteiger partial charge in [0.2, 0.25) is 0 Å². The van der Waals surface area contributed by atoms with E-state index in [1.165, 1.54) is 6.42 Å². The van der Waals surface area contributed by atoms with Gasteiger partial charge >= 0.3 is 0 Å². The monoisotopic (exact) mass is 277 g/mol. The third-order valence-corrected chi connectivity index (χ3v) is 3.49. The van der Waals surface area contributed by atoms with Crippen LogP contribution in [0.2, 0.25) is 0 Å². The maximum atomic E-state index is 10.0. The fraction of sp³-hybridized carbons (Fsp3) is 0.533. The minimum atomic E-state index is 0.161. The fourth-order valence-electron chi connectivity index (χ4n) is 2.04. The van der Waals surface area contributed by atoms with Crippen LogP contribution in [-0.4, -0.2) is 30.8 Å². The number of para-hydroxylation sites is 1. The molecule has 3 N–H and O–H groups in total. The molecule has 0 amide bonds. The van der Waals surface area contributed by atoms with Gasteiger partial charge in [0, 0.05) is 18.2 Å². The number of benzene rings is 1. The molecule has 1 aromatic carbocycles. The Labute approximate surface area is 120 Å². The van der Waals surface area contributed by atoms with E-state index in [0.717, 1.165) is 18.1 Å². The molecule has 2 rings (SSSR count). The third-order valence-electron chi connectivity index (χ3n) is 3.49. The van der Waals surface area contributed by atoms with E-state index in [0.29, 0.717) is 24.3 Å². The molecule has 1 aliphatic rings. The van der Waals surface area contributed by atoms with E-state index in [1.54, 1.807) is 13.2 Å². The second kappa shape index (κ2) is 6.50. The SMILES string of the molecule is CCNC(=NCc1cccc(OC)c1O)NC1CC1C. The summed E-state index contributed by atoms with van der Waals surface area (Å²) in [6.45, 7) is 5.49. The lowest BCUT2D eigenvalue weighted by Crippen LogP contribution is -2.39. The summed E-state index contributed by atoms with van der Waals surface area (Å²) in [5.74, 6) is 2.15. The summed E-state index contributed by atoms with van der Waals surface area (Å²) in [7, 11) is 1.54. The Balaban J connectivity index is 2.04. The normalized spacial score (nSPS) is 21.4. The van der Waals surface area contributed by atoms with Gasteiger partial charge in [-0.1, -0.05) is 19.1 Å². The molecule has 1 fully saturated rings. The van der Waals surface area contributed by atoms with Crippen molar-refractivity contribution in [1.29, 1.82) is 0 Å². The zero-order chi connectivity index (χ0) is 14.5. The number of rotatable bonds is 5. The van der Waals surface area contributed by atoms with Crippen molar-refractivity contribution in [3.8, 4) is 11.5 Å². The number of hydrogen-bond donors (Lipinski definition) is 3. The minimum Gasteiger partial charge on any atom is -0.504 e. The van der Waals surface area contributed by atoms with Crippen molar-refractivity contribution >= 4 is 5.96 Å². The van der Waals surface area contributed by atoms with E-state index < -0.39 is 0 Å². The molecule has 0 aromatic heterocycles. The van der Waals surface area contributed by atoms with Crippen molar-refractivity contribution in [3.05, 3.63) is 23.8 Å². The first kappa shape index (κ1) is 14.5. The number of aliphatic imine (C=N–C) groups is 1. The molecule has 0 heterocycles. The molecule has 5 nitrogen and oxygen atoms in total. The van der Waals surface area contributed by atoms with Crippen molar-refractivity contribution < 1.29 is 9.84 Å². The largest absolute Gasteiger partial charge is 0.504 e. The Morgan fingerprint density at radius 1 is 1.50 bits per heavy atom. The molecule has 2 atom stereocenters. The summed E-state index contributed by atoms with van der Waals surface area (Å²) >= 11 is 0. The number of hydrogen-bond acceptors (Lipinski definition) is 3. The van der Waals surface area contributed by atoms with Crippen molar-refractivity contribution in [3.63, 3.8) is 0 Å². The standard InChI is InChI=1S/C15H23N3O2/c1-4-16-15(18-12-8-10(12)2)17-9-11-6-5-7-13(20-3)14(11)19/h5-7,10,12,19H,4,8-9H2,1-3H3,(H2,16,17,18). The smallest absolute Gasteiger partial charge is 0.191 e. The summed E-state index contributed by atoms with van der Waals surface area (Å²) in [5.41, 5.74) is 0.755. The lowest BCUT2D eigenvalue weighted by atomic mass is 10.2. The van der Waals surface area contributed by atoms with Crippen molar-refractivity contribution in [2.75, 3.05) is 13.7 Å². The van der Waals surface area contributed by atoms with Gasteiger partial charge < -0.3 is 20.5 Å². The number of aromatic hydroxyl groups is 1. The summed E-state index contributed by atoms with van der Waals surface area (Å²) in [5, 5.41) is 16.6. The summed E-state index contributed by atoms with van der Waals surface area (Å²) in [6.07, 6.45) is 1.19. The van der Waals surface area contributed by atoms with Gasteiger partial charge in [0.15, 0.2) is 17.5 Å². The van der Waals surface area contributed by atoms with Crippen LogP contribution in [0, 0.1) is 5.92 Å². The fourth-order valence-corrected chi connectivity index (χ4v) is 2.04. The second-order valence-corrected chi connectivity index (χ2v) is 5.13. The molecule has 0 spiro atoms. The van der Waals surface area contributed by atoms with Crippen LogP contribution >= 0.6 is 0 Å². The van der Waals surface area contributed by atoms with E-state index in [1.807, 2.05) is 19.1 Å². The Hall–Kier alpha value is -1.91. The molecule has 1 saturated carbocycles. The van der Waals surface area contributed by atoms with Gasteiger partial charge in [-0.15, -0.1) is 0 Å². The first-order valence-corrected chi connectivity index (χ1v) is 7.05. The Bertz CT molecular complexity index is 488. The highest BCUT2D eigenvalue weighted by Crippen LogP contribution is 2.30. The number of ether oxygens (including phenoxy) is 1. The zero-order valence-corrected chi connectivity index (χ0v) is 12.3. The van der Waals surface area contributed by atoms with Crippen LogP contribution in [0.3, 0.4) is 0 Å². The predicted molar refractivity (Wildman–Crippen MR) is 80.2 cm³/mol. The quantitative estimate of drug-likeness (QED) is 0.568. The topological polar surface area (TPSA) is 65.9 Å². The average molecular weight is 277 g/mol. The molecule has 5 heteroatoms. The third kappa shape index (κ3) is 3.56. The number of guanidine groups is 1. The second-order valence-electron chi connectivity index (χ2n) is 5.13. The molecule has 0 radical (unpaired) electrons. The molecule has 0 saturated heterocycles. The van der Waals surface area contributed by atoms with Crippen molar-refractivity contribution in [2.45, 2.75) is 32.9 Å². The summed E-state index contributed by atoms with van der Waals surface area (Å²) < 4.78 is 5.10. The van der Waals surface area contributed by atoms with Crippen LogP contribution < -0.4 is 15.4 Å². The Morgan fingerprint density at radius 3 is 2.85 bits per heavy atom. The lowest BCUT2D eigenvalue weighted by molar-refractivity contribution is 0.370. The molecule has 20 heavy (non-hydrogen) atoms. The van der Waals surface area contributed by atoms with Gasteiger partial charge in [0.1, 0.15) is 0 Å². The van der Waals surface area contributed by atoms with Crippen molar-refractivity contribution in [1.82, 2.24) is 10.6 Å². The lowest BCUT2D eigenvalue weighted by Gasteiger charge is -2.11. The molecular weight excluding hydrogens is 254 g/mol. The van der Waals surface area contributed by atoms with Crippen LogP contribution in [0.4, 0.5) is 0 Å². The van der Waals surface area contributed by atoms with Crippen molar-refractivity contribution in [2.24, 2.45) is 10.9 Å². The molecule has 1 aliphatic carbocycles. The number of phenols is 1. The van der Waals surface area contributed by atoms with Gasteiger partial charge in [-0.25, -0.2) is 4.99 Å². The molecule has 0 aliphatic heterocycles. The van der Waals surface area contributed by atoms with E-state index in [9.17, 15) is 5.11 Å². The Morgan fingerprint density at radius 2 is 2.25 bits per heavy atom. The summed E-state index contributed by atoms with van der Waals surface area (Å²) in [6, 6.07) is 5.96. The van der Waals surface area contributed by atoms with E-state index >= 15 is 0 Å². The summed E-state index contributed by atoms with van der Waals surface area (Å²) in [4.78, 5) is 4.51. The van der Waals surface area contributed by atoms with E-state index in [2.05, 4.69) is 22.5 Å².